The molecule has 2 aliphatic heterocycles. The predicted octanol–water partition coefficient (Wildman–Crippen LogP) is 3.72. The molecule has 2 aliphatic rings. The summed E-state index contributed by atoms with van der Waals surface area (Å²) in [5.74, 6) is -0.324. The molecule has 142 valence electrons. The largest absolute Gasteiger partial charge is 0.369 e. The van der Waals surface area contributed by atoms with Gasteiger partial charge in [-0.05, 0) is 43.9 Å². The van der Waals surface area contributed by atoms with Crippen molar-refractivity contribution < 1.29 is 9.18 Å². The van der Waals surface area contributed by atoms with Crippen LogP contribution in [0.5, 0.6) is 0 Å². The van der Waals surface area contributed by atoms with Crippen molar-refractivity contribution in [2.24, 2.45) is 0 Å². The Morgan fingerprint density at radius 3 is 2.41 bits per heavy atom. The number of benzene rings is 1. The zero-order valence-corrected chi connectivity index (χ0v) is 15.7. The number of nitrogens with zero attached hydrogens (tertiary/aromatic N) is 4. The molecule has 8 heteroatoms. The summed E-state index contributed by atoms with van der Waals surface area (Å²) >= 11 is 6.12. The van der Waals surface area contributed by atoms with Gasteiger partial charge >= 0.3 is 0 Å². The smallest absolute Gasteiger partial charge is 0.276 e. The van der Waals surface area contributed by atoms with Crippen molar-refractivity contribution in [1.82, 2.24) is 9.97 Å². The van der Waals surface area contributed by atoms with E-state index >= 15 is 0 Å². The van der Waals surface area contributed by atoms with E-state index in [1.54, 1.807) is 12.1 Å². The summed E-state index contributed by atoms with van der Waals surface area (Å²) in [5.41, 5.74) is 1.04. The first-order valence-corrected chi connectivity index (χ1v) is 9.63. The fourth-order valence-corrected chi connectivity index (χ4v) is 3.75. The van der Waals surface area contributed by atoms with E-state index in [9.17, 15) is 9.18 Å². The highest BCUT2D eigenvalue weighted by Gasteiger charge is 2.21. The van der Waals surface area contributed by atoms with Gasteiger partial charge in [-0.3, -0.25) is 4.79 Å². The second-order valence-electron chi connectivity index (χ2n) is 6.88. The first kappa shape index (κ1) is 18.0. The van der Waals surface area contributed by atoms with Gasteiger partial charge in [0, 0.05) is 31.9 Å². The van der Waals surface area contributed by atoms with Crippen LogP contribution in [0.3, 0.4) is 0 Å². The minimum Gasteiger partial charge on any atom is -0.369 e. The summed E-state index contributed by atoms with van der Waals surface area (Å²) in [6, 6.07) is 4.74. The Balaban J connectivity index is 1.51. The van der Waals surface area contributed by atoms with Crippen LogP contribution < -0.4 is 15.1 Å². The molecule has 2 aromatic rings. The third-order valence-corrected chi connectivity index (χ3v) is 5.26. The number of aromatic nitrogens is 2. The van der Waals surface area contributed by atoms with Crippen molar-refractivity contribution in [1.29, 1.82) is 0 Å². The zero-order valence-electron chi connectivity index (χ0n) is 14.9. The van der Waals surface area contributed by atoms with Crippen LogP contribution >= 0.6 is 11.6 Å². The molecule has 4 rings (SSSR count). The van der Waals surface area contributed by atoms with Gasteiger partial charge in [0.05, 0.1) is 16.9 Å². The van der Waals surface area contributed by atoms with E-state index in [1.165, 1.54) is 12.3 Å². The van der Waals surface area contributed by atoms with Crippen LogP contribution in [-0.2, 0) is 0 Å². The van der Waals surface area contributed by atoms with Gasteiger partial charge in [-0.15, -0.1) is 0 Å². The highest BCUT2D eigenvalue weighted by atomic mass is 35.5. The topological polar surface area (TPSA) is 61.4 Å². The van der Waals surface area contributed by atoms with Crippen molar-refractivity contribution in [3.05, 3.63) is 40.9 Å². The van der Waals surface area contributed by atoms with E-state index < -0.39 is 5.91 Å². The maximum Gasteiger partial charge on any atom is 0.276 e. The van der Waals surface area contributed by atoms with E-state index in [-0.39, 0.29) is 16.5 Å². The fourth-order valence-electron chi connectivity index (χ4n) is 3.58. The third kappa shape index (κ3) is 3.83. The van der Waals surface area contributed by atoms with Crippen LogP contribution in [0.2, 0.25) is 5.02 Å². The van der Waals surface area contributed by atoms with Gasteiger partial charge in [-0.1, -0.05) is 11.6 Å². The van der Waals surface area contributed by atoms with Crippen LogP contribution in [0.1, 0.15) is 36.2 Å². The molecule has 0 radical (unpaired) electrons. The number of hydrogen-bond donors (Lipinski definition) is 1. The monoisotopic (exact) mass is 389 g/mol. The van der Waals surface area contributed by atoms with E-state index in [1.807, 2.05) is 9.80 Å². The Morgan fingerprint density at radius 2 is 1.74 bits per heavy atom. The highest BCUT2D eigenvalue weighted by Crippen LogP contribution is 2.27. The van der Waals surface area contributed by atoms with Crippen LogP contribution in [0.15, 0.2) is 24.4 Å². The molecule has 1 aromatic heterocycles. The van der Waals surface area contributed by atoms with E-state index in [4.69, 9.17) is 11.6 Å². The number of hydrogen-bond acceptors (Lipinski definition) is 5. The van der Waals surface area contributed by atoms with Crippen molar-refractivity contribution in [2.45, 2.75) is 25.7 Å². The number of amides is 1. The van der Waals surface area contributed by atoms with Gasteiger partial charge < -0.3 is 15.1 Å². The predicted molar refractivity (Wildman–Crippen MR) is 104 cm³/mol. The minimum atomic E-state index is -0.476. The van der Waals surface area contributed by atoms with Gasteiger partial charge in [-0.25, -0.2) is 14.4 Å². The summed E-state index contributed by atoms with van der Waals surface area (Å²) in [6.45, 7) is 3.45. The van der Waals surface area contributed by atoms with Gasteiger partial charge in [0.25, 0.3) is 5.91 Å². The molecule has 0 unspecified atom stereocenters. The molecular formula is C19H21ClFN5O. The molecule has 1 aromatic carbocycles. The molecular weight excluding hydrogens is 369 g/mol. The zero-order chi connectivity index (χ0) is 18.8. The maximum atomic E-state index is 14.5. The van der Waals surface area contributed by atoms with Crippen molar-refractivity contribution in [3.63, 3.8) is 0 Å². The summed E-state index contributed by atoms with van der Waals surface area (Å²) in [7, 11) is 0. The summed E-state index contributed by atoms with van der Waals surface area (Å²) in [5, 5.41) is 2.86. The molecule has 3 heterocycles. The van der Waals surface area contributed by atoms with Crippen molar-refractivity contribution >= 4 is 34.8 Å². The molecule has 0 saturated carbocycles. The Morgan fingerprint density at radius 1 is 1.07 bits per heavy atom. The molecule has 0 atom stereocenters. The molecule has 0 bridgehead atoms. The lowest BCUT2D eigenvalue weighted by atomic mass is 10.2. The van der Waals surface area contributed by atoms with Crippen LogP contribution in [-0.4, -0.2) is 42.1 Å². The first-order valence-electron chi connectivity index (χ1n) is 9.25. The number of anilines is 3. The normalized spacial score (nSPS) is 16.8. The summed E-state index contributed by atoms with van der Waals surface area (Å²) in [6.07, 6.45) is 5.74. The molecule has 1 amide bonds. The van der Waals surface area contributed by atoms with Gasteiger partial charge in [0.2, 0.25) is 5.95 Å². The molecule has 0 aliphatic carbocycles. The van der Waals surface area contributed by atoms with Crippen LogP contribution in [0.4, 0.5) is 21.7 Å². The SMILES string of the molecule is O=C(Nc1ccc(N2CCCC2)c(F)c1)c1nc(N2CCCC2)ncc1Cl. The van der Waals surface area contributed by atoms with E-state index in [0.717, 1.165) is 51.9 Å². The highest BCUT2D eigenvalue weighted by molar-refractivity contribution is 6.34. The summed E-state index contributed by atoms with van der Waals surface area (Å²) in [4.78, 5) is 25.2. The molecule has 27 heavy (non-hydrogen) atoms. The lowest BCUT2D eigenvalue weighted by Crippen LogP contribution is -2.23. The van der Waals surface area contributed by atoms with Crippen LogP contribution in [0.25, 0.3) is 0 Å². The van der Waals surface area contributed by atoms with Crippen molar-refractivity contribution in [2.75, 3.05) is 41.3 Å². The standard InChI is InChI=1S/C19H21ClFN5O/c20-14-12-22-19(26-9-3-4-10-26)24-17(14)18(27)23-13-5-6-16(15(21)11-13)25-7-1-2-8-25/h5-6,11-12H,1-4,7-10H2,(H,23,27). The van der Waals surface area contributed by atoms with Crippen molar-refractivity contribution in [3.8, 4) is 0 Å². The Hall–Kier alpha value is -2.41. The second-order valence-corrected chi connectivity index (χ2v) is 7.28. The molecule has 1 N–H and O–H groups in total. The molecule has 2 fully saturated rings. The quantitative estimate of drug-likeness (QED) is 0.863. The Bertz CT molecular complexity index is 850. The van der Waals surface area contributed by atoms with E-state index in [0.29, 0.717) is 17.3 Å². The second kappa shape index (κ2) is 7.68. The lowest BCUT2D eigenvalue weighted by Gasteiger charge is -2.19. The fraction of sp³-hybridized carbons (Fsp3) is 0.421. The average Bonchev–Trinajstić information content (AvgIpc) is 3.36. The van der Waals surface area contributed by atoms with E-state index in [2.05, 4.69) is 15.3 Å². The first-order chi connectivity index (χ1) is 13.1. The van der Waals surface area contributed by atoms with Gasteiger partial charge in [-0.2, -0.15) is 0 Å². The molecule has 0 spiro atoms. The minimum absolute atomic E-state index is 0.0950. The number of nitrogens with one attached hydrogen (secondary N) is 1. The van der Waals surface area contributed by atoms with Gasteiger partial charge in [0.15, 0.2) is 5.69 Å². The van der Waals surface area contributed by atoms with Crippen LogP contribution in [0, 0.1) is 5.82 Å². The Kier molecular flexibility index (Phi) is 5.11. The third-order valence-electron chi connectivity index (χ3n) is 4.99. The Labute approximate surface area is 162 Å². The summed E-state index contributed by atoms with van der Waals surface area (Å²) < 4.78 is 14.5. The maximum absolute atomic E-state index is 14.5. The average molecular weight is 390 g/mol. The number of carbonyl (C=O) groups is 1. The number of halogens is 2. The molecule has 6 nitrogen and oxygen atoms in total. The number of rotatable bonds is 4. The van der Waals surface area contributed by atoms with Gasteiger partial charge in [0.1, 0.15) is 5.82 Å². The number of carbonyl (C=O) groups excluding carboxylic acids is 1. The lowest BCUT2D eigenvalue weighted by molar-refractivity contribution is 0.102. The molecule has 2 saturated heterocycles.